The molecule has 1 heterocycles. The van der Waals surface area contributed by atoms with E-state index in [1.54, 1.807) is 0 Å². The molecule has 0 saturated carbocycles. The predicted octanol–water partition coefficient (Wildman–Crippen LogP) is 3.96. The normalized spacial score (nSPS) is 19.7. The van der Waals surface area contributed by atoms with Gasteiger partial charge in [-0.15, -0.1) is 11.6 Å². The highest BCUT2D eigenvalue weighted by molar-refractivity contribution is 6.17. The van der Waals surface area contributed by atoms with Gasteiger partial charge in [0, 0.05) is 25.6 Å². The monoisotopic (exact) mass is 285 g/mol. The van der Waals surface area contributed by atoms with E-state index in [0.29, 0.717) is 11.6 Å². The zero-order valence-corrected chi connectivity index (χ0v) is 12.1. The van der Waals surface area contributed by atoms with Crippen molar-refractivity contribution in [1.29, 1.82) is 0 Å². The number of hydrogen-bond acceptors (Lipinski definition) is 2. The maximum atomic E-state index is 14.1. The molecule has 4 heteroatoms. The third-order valence-electron chi connectivity index (χ3n) is 3.44. The third kappa shape index (κ3) is 3.83. The van der Waals surface area contributed by atoms with Crippen molar-refractivity contribution < 1.29 is 9.13 Å². The van der Waals surface area contributed by atoms with Crippen molar-refractivity contribution >= 4 is 17.3 Å². The Balaban J connectivity index is 2.04. The average Bonchev–Trinajstić information content (AvgIpc) is 2.45. The Morgan fingerprint density at radius 3 is 3.00 bits per heavy atom. The zero-order valence-electron chi connectivity index (χ0n) is 11.4. The first-order chi connectivity index (χ1) is 9.24. The van der Waals surface area contributed by atoms with Crippen molar-refractivity contribution in [2.75, 3.05) is 24.6 Å². The quantitative estimate of drug-likeness (QED) is 0.759. The van der Waals surface area contributed by atoms with Crippen LogP contribution in [0.4, 0.5) is 10.1 Å². The summed E-state index contributed by atoms with van der Waals surface area (Å²) >= 11 is 5.72. The van der Waals surface area contributed by atoms with Gasteiger partial charge >= 0.3 is 0 Å². The van der Waals surface area contributed by atoms with Crippen LogP contribution in [0.3, 0.4) is 0 Å². The lowest BCUT2D eigenvalue weighted by Gasteiger charge is -2.34. The van der Waals surface area contributed by atoms with Crippen LogP contribution < -0.4 is 4.90 Å². The van der Waals surface area contributed by atoms with Gasteiger partial charge < -0.3 is 9.64 Å². The minimum Gasteiger partial charge on any atom is -0.376 e. The first-order valence-corrected chi connectivity index (χ1v) is 7.49. The highest BCUT2D eigenvalue weighted by Gasteiger charge is 2.22. The summed E-state index contributed by atoms with van der Waals surface area (Å²) in [5, 5.41) is 0. The second-order valence-electron chi connectivity index (χ2n) is 5.00. The first kappa shape index (κ1) is 14.6. The molecule has 1 aliphatic rings. The maximum absolute atomic E-state index is 14.1. The van der Waals surface area contributed by atoms with E-state index in [4.69, 9.17) is 16.3 Å². The molecule has 0 N–H and O–H groups in total. The fourth-order valence-corrected chi connectivity index (χ4v) is 2.63. The van der Waals surface area contributed by atoms with E-state index < -0.39 is 0 Å². The van der Waals surface area contributed by atoms with Crippen LogP contribution in [0.5, 0.6) is 0 Å². The fourth-order valence-electron chi connectivity index (χ4n) is 2.47. The number of alkyl halides is 1. The Morgan fingerprint density at radius 1 is 1.47 bits per heavy atom. The fraction of sp³-hybridized carbons (Fsp3) is 0.600. The van der Waals surface area contributed by atoms with E-state index in [1.165, 1.54) is 6.07 Å². The molecule has 106 valence electrons. The highest BCUT2D eigenvalue weighted by atomic mass is 35.5. The number of ether oxygens (including phenoxy) is 1. The van der Waals surface area contributed by atoms with Gasteiger partial charge in [-0.05, 0) is 37.0 Å². The van der Waals surface area contributed by atoms with Gasteiger partial charge in [0.05, 0.1) is 11.8 Å². The minimum atomic E-state index is -0.186. The summed E-state index contributed by atoms with van der Waals surface area (Å²) in [4.78, 5) is 2.08. The topological polar surface area (TPSA) is 12.5 Å². The van der Waals surface area contributed by atoms with Crippen LogP contribution in [-0.4, -0.2) is 25.8 Å². The molecule has 0 aliphatic carbocycles. The molecule has 0 bridgehead atoms. The number of rotatable bonds is 5. The average molecular weight is 286 g/mol. The Bertz CT molecular complexity index is 413. The maximum Gasteiger partial charge on any atom is 0.146 e. The van der Waals surface area contributed by atoms with Crippen molar-refractivity contribution in [3.05, 3.63) is 29.6 Å². The van der Waals surface area contributed by atoms with Gasteiger partial charge in [0.15, 0.2) is 0 Å². The molecule has 0 amide bonds. The van der Waals surface area contributed by atoms with E-state index in [-0.39, 0.29) is 11.9 Å². The lowest BCUT2D eigenvalue weighted by atomic mass is 10.1. The summed E-state index contributed by atoms with van der Waals surface area (Å²) in [5.74, 6) is 0.161. The van der Waals surface area contributed by atoms with Gasteiger partial charge in [0.25, 0.3) is 0 Å². The van der Waals surface area contributed by atoms with E-state index >= 15 is 0 Å². The Kier molecular flexibility index (Phi) is 5.46. The Labute approximate surface area is 119 Å². The van der Waals surface area contributed by atoms with Gasteiger partial charge in [-0.25, -0.2) is 4.39 Å². The number of hydrogen-bond donors (Lipinski definition) is 0. The number of halogens is 2. The SMILES string of the molecule is CCCOC1CCCN(c2ccc(CCl)cc2F)C1. The van der Waals surface area contributed by atoms with Crippen LogP contribution in [0.2, 0.25) is 0 Å². The molecule has 1 unspecified atom stereocenters. The summed E-state index contributed by atoms with van der Waals surface area (Å²) in [7, 11) is 0. The Hall–Kier alpha value is -0.800. The van der Waals surface area contributed by atoms with Gasteiger partial charge in [0.1, 0.15) is 5.82 Å². The molecule has 1 aliphatic heterocycles. The van der Waals surface area contributed by atoms with Crippen LogP contribution in [0.25, 0.3) is 0 Å². The summed E-state index contributed by atoms with van der Waals surface area (Å²) in [6, 6.07) is 5.25. The van der Waals surface area contributed by atoms with E-state index in [2.05, 4.69) is 11.8 Å². The lowest BCUT2D eigenvalue weighted by molar-refractivity contribution is 0.0439. The van der Waals surface area contributed by atoms with Gasteiger partial charge in [0.2, 0.25) is 0 Å². The largest absolute Gasteiger partial charge is 0.376 e. The number of anilines is 1. The molecular formula is C15H21ClFNO. The second kappa shape index (κ2) is 7.11. The molecule has 0 spiro atoms. The predicted molar refractivity (Wildman–Crippen MR) is 77.4 cm³/mol. The van der Waals surface area contributed by atoms with Crippen LogP contribution >= 0.6 is 11.6 Å². The van der Waals surface area contributed by atoms with Gasteiger partial charge in [-0.2, -0.15) is 0 Å². The molecular weight excluding hydrogens is 265 g/mol. The van der Waals surface area contributed by atoms with Crippen molar-refractivity contribution in [2.24, 2.45) is 0 Å². The molecule has 1 saturated heterocycles. The third-order valence-corrected chi connectivity index (χ3v) is 3.75. The molecule has 2 nitrogen and oxygen atoms in total. The molecule has 2 rings (SSSR count). The highest BCUT2D eigenvalue weighted by Crippen LogP contribution is 2.25. The molecule has 0 radical (unpaired) electrons. The van der Waals surface area contributed by atoms with Crippen molar-refractivity contribution in [1.82, 2.24) is 0 Å². The number of benzene rings is 1. The number of piperidine rings is 1. The van der Waals surface area contributed by atoms with E-state index in [0.717, 1.165) is 44.5 Å². The van der Waals surface area contributed by atoms with Crippen LogP contribution in [0, 0.1) is 5.82 Å². The van der Waals surface area contributed by atoms with Crippen LogP contribution in [-0.2, 0) is 10.6 Å². The van der Waals surface area contributed by atoms with Crippen molar-refractivity contribution in [3.8, 4) is 0 Å². The zero-order chi connectivity index (χ0) is 13.7. The summed E-state index contributed by atoms with van der Waals surface area (Å²) in [6.45, 7) is 4.55. The van der Waals surface area contributed by atoms with E-state index in [9.17, 15) is 4.39 Å². The van der Waals surface area contributed by atoms with Gasteiger partial charge in [-0.1, -0.05) is 13.0 Å². The Morgan fingerprint density at radius 2 is 2.32 bits per heavy atom. The second-order valence-corrected chi connectivity index (χ2v) is 5.27. The summed E-state index contributed by atoms with van der Waals surface area (Å²) < 4.78 is 19.8. The molecule has 19 heavy (non-hydrogen) atoms. The van der Waals surface area contributed by atoms with Gasteiger partial charge in [-0.3, -0.25) is 0 Å². The lowest BCUT2D eigenvalue weighted by Crippen LogP contribution is -2.40. The molecule has 1 fully saturated rings. The van der Waals surface area contributed by atoms with E-state index in [1.807, 2.05) is 12.1 Å². The van der Waals surface area contributed by atoms with Crippen molar-refractivity contribution in [3.63, 3.8) is 0 Å². The molecule has 1 aromatic rings. The first-order valence-electron chi connectivity index (χ1n) is 6.95. The number of nitrogens with zero attached hydrogens (tertiary/aromatic N) is 1. The van der Waals surface area contributed by atoms with Crippen LogP contribution in [0.15, 0.2) is 18.2 Å². The molecule has 1 atom stereocenters. The van der Waals surface area contributed by atoms with Crippen LogP contribution in [0.1, 0.15) is 31.7 Å². The molecule has 0 aromatic heterocycles. The standard InChI is InChI=1S/C15H21ClFNO/c1-2-8-19-13-4-3-7-18(11-13)15-6-5-12(10-16)9-14(15)17/h5-6,9,13H,2-4,7-8,10-11H2,1H3. The molecule has 1 aromatic carbocycles. The minimum absolute atomic E-state index is 0.186. The summed E-state index contributed by atoms with van der Waals surface area (Å²) in [5.41, 5.74) is 1.48. The summed E-state index contributed by atoms with van der Waals surface area (Å²) in [6.07, 6.45) is 3.36. The smallest absolute Gasteiger partial charge is 0.146 e. The van der Waals surface area contributed by atoms with Crippen molar-refractivity contribution in [2.45, 2.75) is 38.2 Å².